The van der Waals surface area contributed by atoms with Crippen LogP contribution in [0.5, 0.6) is 0 Å². The summed E-state index contributed by atoms with van der Waals surface area (Å²) in [7, 11) is 0. The van der Waals surface area contributed by atoms with Gasteiger partial charge in [0.15, 0.2) is 0 Å². The molecule has 15 heavy (non-hydrogen) atoms. The summed E-state index contributed by atoms with van der Waals surface area (Å²) in [6.45, 7) is 2.84. The number of alkyl halides is 1. The standard InChI is InChI=1S/C11H12ClNO2/c1-8-3-2-4-9-6-15-7-13(11(8)9)10(14)5-12/h2-4H,5-7H2,1H3. The fourth-order valence-corrected chi connectivity index (χ4v) is 1.95. The van der Waals surface area contributed by atoms with Gasteiger partial charge in [-0.3, -0.25) is 9.69 Å². The largest absolute Gasteiger partial charge is 0.356 e. The molecular formula is C11H12ClNO2. The molecule has 0 bridgehead atoms. The number of fused-ring (bicyclic) bond motifs is 1. The molecule has 0 fully saturated rings. The van der Waals surface area contributed by atoms with E-state index in [2.05, 4.69) is 0 Å². The van der Waals surface area contributed by atoms with Crippen LogP contribution >= 0.6 is 11.6 Å². The van der Waals surface area contributed by atoms with Crippen molar-refractivity contribution in [1.82, 2.24) is 0 Å². The van der Waals surface area contributed by atoms with Gasteiger partial charge in [0, 0.05) is 5.56 Å². The maximum atomic E-state index is 11.6. The summed E-state index contributed by atoms with van der Waals surface area (Å²) in [5.41, 5.74) is 3.07. The summed E-state index contributed by atoms with van der Waals surface area (Å²) in [5.74, 6) is -0.135. The lowest BCUT2D eigenvalue weighted by Gasteiger charge is -2.30. The van der Waals surface area contributed by atoms with Gasteiger partial charge in [-0.1, -0.05) is 18.2 Å². The van der Waals surface area contributed by atoms with Crippen molar-refractivity contribution in [2.24, 2.45) is 0 Å². The number of amides is 1. The number of aryl methyl sites for hydroxylation is 1. The van der Waals surface area contributed by atoms with E-state index in [9.17, 15) is 4.79 Å². The third kappa shape index (κ3) is 1.85. The van der Waals surface area contributed by atoms with E-state index in [1.165, 1.54) is 0 Å². The van der Waals surface area contributed by atoms with E-state index in [0.29, 0.717) is 13.3 Å². The highest BCUT2D eigenvalue weighted by atomic mass is 35.5. The van der Waals surface area contributed by atoms with Crippen LogP contribution in [0.4, 0.5) is 5.69 Å². The average Bonchev–Trinajstić information content (AvgIpc) is 2.28. The number of halogens is 1. The lowest BCUT2D eigenvalue weighted by molar-refractivity contribution is -0.117. The molecule has 0 N–H and O–H groups in total. The molecule has 1 amide bonds. The van der Waals surface area contributed by atoms with Crippen LogP contribution in [0.25, 0.3) is 0 Å². The van der Waals surface area contributed by atoms with Gasteiger partial charge in [0.25, 0.3) is 0 Å². The van der Waals surface area contributed by atoms with Crippen LogP contribution in [0.3, 0.4) is 0 Å². The molecule has 1 aromatic carbocycles. The van der Waals surface area contributed by atoms with Crippen molar-refractivity contribution in [2.75, 3.05) is 17.5 Å². The van der Waals surface area contributed by atoms with Crippen molar-refractivity contribution in [3.05, 3.63) is 29.3 Å². The highest BCUT2D eigenvalue weighted by Crippen LogP contribution is 2.29. The second-order valence-electron chi connectivity index (χ2n) is 3.52. The topological polar surface area (TPSA) is 29.5 Å². The van der Waals surface area contributed by atoms with Gasteiger partial charge in [0.1, 0.15) is 12.6 Å². The molecule has 0 aromatic heterocycles. The Morgan fingerprint density at radius 1 is 1.60 bits per heavy atom. The molecule has 3 nitrogen and oxygen atoms in total. The van der Waals surface area contributed by atoms with Crippen molar-refractivity contribution in [3.8, 4) is 0 Å². The molecule has 1 aromatic rings. The van der Waals surface area contributed by atoms with Crippen LogP contribution in [0.15, 0.2) is 18.2 Å². The van der Waals surface area contributed by atoms with Crippen molar-refractivity contribution in [3.63, 3.8) is 0 Å². The van der Waals surface area contributed by atoms with E-state index in [0.717, 1.165) is 16.8 Å². The van der Waals surface area contributed by atoms with Crippen LogP contribution in [0, 0.1) is 6.92 Å². The molecule has 0 saturated heterocycles. The zero-order chi connectivity index (χ0) is 10.8. The van der Waals surface area contributed by atoms with Crippen molar-refractivity contribution in [1.29, 1.82) is 0 Å². The average molecular weight is 226 g/mol. The van der Waals surface area contributed by atoms with Gasteiger partial charge in [-0.2, -0.15) is 0 Å². The molecule has 4 heteroatoms. The minimum absolute atomic E-state index is 0.0167. The Morgan fingerprint density at radius 2 is 2.40 bits per heavy atom. The first-order valence-corrected chi connectivity index (χ1v) is 5.30. The van der Waals surface area contributed by atoms with Crippen LogP contribution < -0.4 is 4.90 Å². The third-order valence-electron chi connectivity index (χ3n) is 2.48. The Hall–Kier alpha value is -1.06. The molecule has 80 valence electrons. The number of hydrogen-bond donors (Lipinski definition) is 0. The molecule has 0 spiro atoms. The Kier molecular flexibility index (Phi) is 2.93. The summed E-state index contributed by atoms with van der Waals surface area (Å²) in [4.78, 5) is 13.2. The van der Waals surface area contributed by atoms with Crippen molar-refractivity contribution >= 4 is 23.2 Å². The van der Waals surface area contributed by atoms with E-state index in [1.54, 1.807) is 4.90 Å². The summed E-state index contributed by atoms with van der Waals surface area (Å²) in [6, 6.07) is 5.92. The van der Waals surface area contributed by atoms with Crippen molar-refractivity contribution in [2.45, 2.75) is 13.5 Å². The van der Waals surface area contributed by atoms with Crippen molar-refractivity contribution < 1.29 is 9.53 Å². The Bertz CT molecular complexity index is 392. The third-order valence-corrected chi connectivity index (χ3v) is 2.71. The molecule has 0 atom stereocenters. The van der Waals surface area contributed by atoms with Gasteiger partial charge >= 0.3 is 0 Å². The molecular weight excluding hydrogens is 214 g/mol. The predicted octanol–water partition coefficient (Wildman–Crippen LogP) is 2.05. The lowest BCUT2D eigenvalue weighted by atomic mass is 10.1. The number of nitrogens with zero attached hydrogens (tertiary/aromatic N) is 1. The number of anilines is 1. The van der Waals surface area contributed by atoms with E-state index >= 15 is 0 Å². The van der Waals surface area contributed by atoms with Gasteiger partial charge in [0.05, 0.1) is 12.3 Å². The number of para-hydroxylation sites is 1. The summed E-state index contributed by atoms with van der Waals surface area (Å²) in [5, 5.41) is 0. The zero-order valence-corrected chi connectivity index (χ0v) is 9.25. The quantitative estimate of drug-likeness (QED) is 0.685. The number of benzene rings is 1. The second-order valence-corrected chi connectivity index (χ2v) is 3.78. The Morgan fingerprint density at radius 3 is 3.13 bits per heavy atom. The zero-order valence-electron chi connectivity index (χ0n) is 8.50. The Labute approximate surface area is 93.6 Å². The van der Waals surface area contributed by atoms with Gasteiger partial charge in [-0.05, 0) is 12.5 Å². The summed E-state index contributed by atoms with van der Waals surface area (Å²) in [6.07, 6.45) is 0. The number of carbonyl (C=O) groups is 1. The molecule has 0 saturated carbocycles. The minimum Gasteiger partial charge on any atom is -0.356 e. The SMILES string of the molecule is Cc1cccc2c1N(C(=O)CCl)COC2. The van der Waals surface area contributed by atoms with Gasteiger partial charge < -0.3 is 4.74 Å². The summed E-state index contributed by atoms with van der Waals surface area (Å²) >= 11 is 5.56. The maximum Gasteiger partial charge on any atom is 0.243 e. The van der Waals surface area contributed by atoms with Crippen LogP contribution in [0.2, 0.25) is 0 Å². The normalized spacial score (nSPS) is 14.9. The van der Waals surface area contributed by atoms with Gasteiger partial charge in [0.2, 0.25) is 5.91 Å². The number of carbonyl (C=O) groups excluding carboxylic acids is 1. The van der Waals surface area contributed by atoms with Crippen LogP contribution in [0.1, 0.15) is 11.1 Å². The van der Waals surface area contributed by atoms with E-state index in [4.69, 9.17) is 16.3 Å². The maximum absolute atomic E-state index is 11.6. The number of ether oxygens (including phenoxy) is 1. The second kappa shape index (κ2) is 4.21. The first-order valence-electron chi connectivity index (χ1n) is 4.76. The fourth-order valence-electron chi connectivity index (χ4n) is 1.80. The van der Waals surface area contributed by atoms with E-state index < -0.39 is 0 Å². The fraction of sp³-hybridized carbons (Fsp3) is 0.364. The summed E-state index contributed by atoms with van der Waals surface area (Å²) < 4.78 is 5.33. The number of hydrogen-bond acceptors (Lipinski definition) is 2. The first kappa shape index (κ1) is 10.5. The molecule has 1 aliphatic rings. The molecule has 2 rings (SSSR count). The predicted molar refractivity (Wildman–Crippen MR) is 59.0 cm³/mol. The highest BCUT2D eigenvalue weighted by molar-refractivity contribution is 6.29. The van der Waals surface area contributed by atoms with E-state index in [1.807, 2.05) is 25.1 Å². The smallest absolute Gasteiger partial charge is 0.243 e. The minimum atomic E-state index is -0.119. The molecule has 0 radical (unpaired) electrons. The van der Waals surface area contributed by atoms with Crippen LogP contribution in [-0.2, 0) is 16.1 Å². The first-order chi connectivity index (χ1) is 7.24. The van der Waals surface area contributed by atoms with Gasteiger partial charge in [-0.15, -0.1) is 11.6 Å². The van der Waals surface area contributed by atoms with Crippen LogP contribution in [-0.4, -0.2) is 18.5 Å². The van der Waals surface area contributed by atoms with Gasteiger partial charge in [-0.25, -0.2) is 0 Å². The monoisotopic (exact) mass is 225 g/mol. The molecule has 1 aliphatic heterocycles. The Balaban J connectivity index is 2.45. The molecule has 0 unspecified atom stereocenters. The molecule has 0 aliphatic carbocycles. The number of rotatable bonds is 1. The highest BCUT2D eigenvalue weighted by Gasteiger charge is 2.23. The molecule has 1 heterocycles. The lowest BCUT2D eigenvalue weighted by Crippen LogP contribution is -2.38. The van der Waals surface area contributed by atoms with E-state index in [-0.39, 0.29) is 11.8 Å².